The molecule has 1 heterocycles. The van der Waals surface area contributed by atoms with E-state index in [0.29, 0.717) is 10.7 Å². The monoisotopic (exact) mass is 472 g/mol. The third kappa shape index (κ3) is 4.38. The van der Waals surface area contributed by atoms with Gasteiger partial charge in [0, 0.05) is 5.02 Å². The molecule has 0 spiro atoms. The number of rotatable bonds is 5. The predicted molar refractivity (Wildman–Crippen MR) is 115 cm³/mol. The van der Waals surface area contributed by atoms with Crippen molar-refractivity contribution in [3.63, 3.8) is 0 Å². The molecule has 0 radical (unpaired) electrons. The summed E-state index contributed by atoms with van der Waals surface area (Å²) in [5, 5.41) is 3.65. The van der Waals surface area contributed by atoms with Gasteiger partial charge in [-0.25, -0.2) is 0 Å². The summed E-state index contributed by atoms with van der Waals surface area (Å²) in [6.07, 6.45) is 0.261. The van der Waals surface area contributed by atoms with E-state index >= 15 is 0 Å². The van der Waals surface area contributed by atoms with Gasteiger partial charge in [-0.2, -0.15) is 0 Å². The Balaban J connectivity index is 1.97. The van der Waals surface area contributed by atoms with Crippen molar-refractivity contribution >= 4 is 69.8 Å². The number of hydrogen-bond donors (Lipinski definition) is 1. The van der Waals surface area contributed by atoms with Crippen LogP contribution in [-0.2, 0) is 4.79 Å². The molecule has 1 atom stereocenters. The Morgan fingerprint density at radius 3 is 2.00 bits per heavy atom. The molecule has 29 heavy (non-hydrogen) atoms. The Kier molecular flexibility index (Phi) is 6.44. The number of amides is 3. The Hall–Kier alpha value is -1.79. The first-order valence-corrected chi connectivity index (χ1v) is 10.2. The minimum atomic E-state index is -1.05. The summed E-state index contributed by atoms with van der Waals surface area (Å²) in [6.45, 7) is 3.77. The highest BCUT2D eigenvalue weighted by molar-refractivity contribution is 6.43. The van der Waals surface area contributed by atoms with E-state index in [1.54, 1.807) is 12.1 Å². The van der Waals surface area contributed by atoms with Crippen LogP contribution in [-0.4, -0.2) is 28.7 Å². The van der Waals surface area contributed by atoms with Gasteiger partial charge in [0.05, 0.1) is 31.9 Å². The molecule has 0 saturated carbocycles. The fraction of sp³-hybridized carbons (Fsp3) is 0.250. The molecule has 9 heteroatoms. The van der Waals surface area contributed by atoms with Crippen LogP contribution in [0, 0.1) is 5.92 Å². The topological polar surface area (TPSA) is 66.5 Å². The molecule has 152 valence electrons. The lowest BCUT2D eigenvalue weighted by Crippen LogP contribution is -2.48. The largest absolute Gasteiger partial charge is 0.323 e. The Labute approximate surface area is 187 Å². The number of fused-ring (bicyclic) bond motifs is 1. The molecule has 3 amide bonds. The van der Waals surface area contributed by atoms with Gasteiger partial charge in [0.25, 0.3) is 11.8 Å². The zero-order valence-corrected chi connectivity index (χ0v) is 18.5. The van der Waals surface area contributed by atoms with Crippen LogP contribution in [0.1, 0.15) is 41.0 Å². The molecule has 0 aliphatic carbocycles. The number of halogens is 4. The summed E-state index contributed by atoms with van der Waals surface area (Å²) in [7, 11) is 0. The van der Waals surface area contributed by atoms with Gasteiger partial charge in [0.1, 0.15) is 6.04 Å². The number of carbonyl (C=O) groups excluding carboxylic acids is 3. The van der Waals surface area contributed by atoms with E-state index in [0.717, 1.165) is 4.90 Å². The average molecular weight is 474 g/mol. The van der Waals surface area contributed by atoms with Crippen molar-refractivity contribution in [3.8, 4) is 0 Å². The van der Waals surface area contributed by atoms with Crippen LogP contribution in [0.25, 0.3) is 0 Å². The van der Waals surface area contributed by atoms with Crippen molar-refractivity contribution < 1.29 is 14.4 Å². The molecule has 2 aromatic rings. The van der Waals surface area contributed by atoms with E-state index in [-0.39, 0.29) is 38.5 Å². The van der Waals surface area contributed by atoms with Gasteiger partial charge in [-0.3, -0.25) is 19.3 Å². The maximum absolute atomic E-state index is 13.1. The highest BCUT2D eigenvalue weighted by atomic mass is 35.5. The maximum atomic E-state index is 13.1. The first kappa shape index (κ1) is 21.9. The second-order valence-corrected chi connectivity index (χ2v) is 8.71. The third-order valence-electron chi connectivity index (χ3n) is 4.45. The highest BCUT2D eigenvalue weighted by Crippen LogP contribution is 2.34. The molecule has 0 saturated heterocycles. The number of anilines is 1. The van der Waals surface area contributed by atoms with Crippen LogP contribution in [0.15, 0.2) is 30.3 Å². The number of hydrogen-bond acceptors (Lipinski definition) is 3. The van der Waals surface area contributed by atoms with Crippen LogP contribution >= 0.6 is 46.4 Å². The molecule has 5 nitrogen and oxygen atoms in total. The molecule has 0 bridgehead atoms. The zero-order chi connectivity index (χ0) is 21.5. The average Bonchev–Trinajstić information content (AvgIpc) is 2.87. The van der Waals surface area contributed by atoms with Crippen LogP contribution in [0.3, 0.4) is 0 Å². The lowest BCUT2D eigenvalue weighted by Gasteiger charge is -2.27. The molecule has 0 unspecified atom stereocenters. The van der Waals surface area contributed by atoms with E-state index in [9.17, 15) is 14.4 Å². The lowest BCUT2D eigenvalue weighted by atomic mass is 10.0. The minimum absolute atomic E-state index is 0.0251. The number of benzene rings is 2. The van der Waals surface area contributed by atoms with Crippen molar-refractivity contribution in [3.05, 3.63) is 61.5 Å². The van der Waals surface area contributed by atoms with Crippen molar-refractivity contribution in [2.45, 2.75) is 26.3 Å². The van der Waals surface area contributed by atoms with Gasteiger partial charge < -0.3 is 5.32 Å². The van der Waals surface area contributed by atoms with Gasteiger partial charge in [-0.1, -0.05) is 60.3 Å². The zero-order valence-electron chi connectivity index (χ0n) is 15.4. The smallest absolute Gasteiger partial charge is 0.262 e. The Bertz CT molecular complexity index is 982. The van der Waals surface area contributed by atoms with Gasteiger partial charge in [0.15, 0.2) is 0 Å². The van der Waals surface area contributed by atoms with Gasteiger partial charge >= 0.3 is 0 Å². The number of imide groups is 1. The molecule has 1 aliphatic rings. The standard InChI is InChI=1S/C20H16Cl4N2O3/c1-9(2)5-17(18(27)25-16-6-10(21)3-4-13(16)22)26-19(28)11-7-14(23)15(24)8-12(11)20(26)29/h3-4,6-9,17H,5H2,1-2H3,(H,25,27)/t17-/m1/s1. The summed E-state index contributed by atoms with van der Waals surface area (Å²) < 4.78 is 0. The SMILES string of the molecule is CC(C)C[C@H](C(=O)Nc1cc(Cl)ccc1Cl)N1C(=O)c2cc(Cl)c(Cl)cc2C1=O. The van der Waals surface area contributed by atoms with Crippen LogP contribution in [0.5, 0.6) is 0 Å². The minimum Gasteiger partial charge on any atom is -0.323 e. The summed E-state index contributed by atoms with van der Waals surface area (Å²) in [5.74, 6) is -1.71. The van der Waals surface area contributed by atoms with Crippen LogP contribution in [0.2, 0.25) is 20.1 Å². The second-order valence-electron chi connectivity index (χ2n) is 7.05. The van der Waals surface area contributed by atoms with Crippen molar-refractivity contribution in [2.24, 2.45) is 5.92 Å². The van der Waals surface area contributed by atoms with Crippen LogP contribution < -0.4 is 5.32 Å². The number of nitrogens with one attached hydrogen (secondary N) is 1. The van der Waals surface area contributed by atoms with Crippen LogP contribution in [0.4, 0.5) is 5.69 Å². The number of carbonyl (C=O) groups is 3. The summed E-state index contributed by atoms with van der Waals surface area (Å²) >= 11 is 24.1. The van der Waals surface area contributed by atoms with E-state index in [1.165, 1.54) is 18.2 Å². The van der Waals surface area contributed by atoms with E-state index in [2.05, 4.69) is 5.32 Å². The third-order valence-corrected chi connectivity index (χ3v) is 5.74. The molecule has 1 aliphatic heterocycles. The van der Waals surface area contributed by atoms with E-state index in [4.69, 9.17) is 46.4 Å². The molecule has 1 N–H and O–H groups in total. The highest BCUT2D eigenvalue weighted by Gasteiger charge is 2.43. The van der Waals surface area contributed by atoms with Gasteiger partial charge in [-0.05, 0) is 42.7 Å². The molecule has 2 aromatic carbocycles. The molecule has 0 fully saturated rings. The quantitative estimate of drug-likeness (QED) is 0.545. The van der Waals surface area contributed by atoms with Crippen molar-refractivity contribution in [2.75, 3.05) is 5.32 Å². The normalized spacial score (nSPS) is 14.4. The molecule has 0 aromatic heterocycles. The lowest BCUT2D eigenvalue weighted by molar-refractivity contribution is -0.120. The molecule has 3 rings (SSSR count). The summed E-state index contributed by atoms with van der Waals surface area (Å²) in [5.41, 5.74) is 0.527. The van der Waals surface area contributed by atoms with Gasteiger partial charge in [-0.15, -0.1) is 0 Å². The molecular weight excluding hydrogens is 458 g/mol. The van der Waals surface area contributed by atoms with E-state index < -0.39 is 23.8 Å². The fourth-order valence-corrected chi connectivity index (χ4v) is 3.79. The Morgan fingerprint density at radius 2 is 1.48 bits per heavy atom. The maximum Gasteiger partial charge on any atom is 0.262 e. The first-order chi connectivity index (χ1) is 13.6. The second kappa shape index (κ2) is 8.52. The molecular formula is C20H16Cl4N2O3. The summed E-state index contributed by atoms with van der Waals surface area (Å²) in [4.78, 5) is 39.9. The van der Waals surface area contributed by atoms with Gasteiger partial charge in [0.2, 0.25) is 5.91 Å². The predicted octanol–water partition coefficient (Wildman–Crippen LogP) is 5.95. The Morgan fingerprint density at radius 1 is 0.931 bits per heavy atom. The first-order valence-electron chi connectivity index (χ1n) is 8.73. The van der Waals surface area contributed by atoms with Crippen molar-refractivity contribution in [1.82, 2.24) is 4.90 Å². The van der Waals surface area contributed by atoms with E-state index in [1.807, 2.05) is 13.8 Å². The number of nitrogens with zero attached hydrogens (tertiary/aromatic N) is 1. The van der Waals surface area contributed by atoms with Crippen molar-refractivity contribution in [1.29, 1.82) is 0 Å². The fourth-order valence-electron chi connectivity index (χ4n) is 3.12. The summed E-state index contributed by atoms with van der Waals surface area (Å²) in [6, 6.07) is 6.27.